The minimum atomic E-state index is 0.232. The highest BCUT2D eigenvalue weighted by Gasteiger charge is 2.19. The van der Waals surface area contributed by atoms with Crippen molar-refractivity contribution in [1.82, 2.24) is 19.9 Å². The number of benzene rings is 2. The molecule has 3 heterocycles. The van der Waals surface area contributed by atoms with Crippen LogP contribution in [0.5, 0.6) is 11.5 Å². The summed E-state index contributed by atoms with van der Waals surface area (Å²) in [6.07, 6.45) is 4.97. The Kier molecular flexibility index (Phi) is 7.28. The van der Waals surface area contributed by atoms with Gasteiger partial charge in [0.15, 0.2) is 5.90 Å². The van der Waals surface area contributed by atoms with Gasteiger partial charge in [-0.2, -0.15) is 0 Å². The fourth-order valence-corrected chi connectivity index (χ4v) is 4.23. The molecule has 8 nitrogen and oxygen atoms in total. The lowest BCUT2D eigenvalue weighted by Gasteiger charge is -2.13. The van der Waals surface area contributed by atoms with Gasteiger partial charge in [0.05, 0.1) is 17.8 Å². The molecule has 1 N–H and O–H groups in total. The number of aliphatic imine (C=N–C) groups is 1. The van der Waals surface area contributed by atoms with Gasteiger partial charge in [-0.1, -0.05) is 6.07 Å². The standard InChI is InChI=1S/C29H32N6O2/c1-19-13-22(7-10-27(19)37-24-8-5-20(2)30-16-24)34-29-25-14-21(6-9-26(25)31-18-32-29)15-28-33-23(17-36-28)11-12-35(3)4/h5-10,13-14,16,18,23H,11-12,15,17H2,1-4H3,(H,31,32,34). The normalized spacial score (nSPS) is 15.1. The first kappa shape index (κ1) is 24.6. The minimum Gasteiger partial charge on any atom is -0.478 e. The molecule has 5 rings (SSSR count). The number of rotatable bonds is 9. The highest BCUT2D eigenvalue weighted by molar-refractivity contribution is 5.92. The van der Waals surface area contributed by atoms with Gasteiger partial charge in [0, 0.05) is 23.2 Å². The van der Waals surface area contributed by atoms with E-state index >= 15 is 0 Å². The van der Waals surface area contributed by atoms with Gasteiger partial charge in [0.2, 0.25) is 0 Å². The van der Waals surface area contributed by atoms with E-state index in [1.54, 1.807) is 12.5 Å². The molecular formula is C29H32N6O2. The summed E-state index contributed by atoms with van der Waals surface area (Å²) in [5.74, 6) is 3.04. The van der Waals surface area contributed by atoms with Gasteiger partial charge in [-0.15, -0.1) is 0 Å². The first-order valence-electron chi connectivity index (χ1n) is 12.5. The van der Waals surface area contributed by atoms with E-state index in [2.05, 4.69) is 51.4 Å². The predicted octanol–water partition coefficient (Wildman–Crippen LogP) is 5.47. The van der Waals surface area contributed by atoms with E-state index < -0.39 is 0 Å². The van der Waals surface area contributed by atoms with Crippen molar-refractivity contribution < 1.29 is 9.47 Å². The highest BCUT2D eigenvalue weighted by atomic mass is 16.5. The van der Waals surface area contributed by atoms with Crippen molar-refractivity contribution in [2.75, 3.05) is 32.6 Å². The van der Waals surface area contributed by atoms with Crippen LogP contribution in [0.2, 0.25) is 0 Å². The van der Waals surface area contributed by atoms with Crippen molar-refractivity contribution in [3.8, 4) is 11.5 Å². The smallest absolute Gasteiger partial charge is 0.188 e. The Morgan fingerprint density at radius 3 is 2.70 bits per heavy atom. The van der Waals surface area contributed by atoms with E-state index in [1.807, 2.05) is 50.2 Å². The molecule has 1 aliphatic heterocycles. The molecular weight excluding hydrogens is 464 g/mol. The van der Waals surface area contributed by atoms with Crippen LogP contribution in [0.25, 0.3) is 10.9 Å². The Hall–Kier alpha value is -4.04. The number of aryl methyl sites for hydroxylation is 2. The van der Waals surface area contributed by atoms with Crippen molar-refractivity contribution in [3.05, 3.63) is 77.9 Å². The molecule has 0 saturated heterocycles. The molecule has 37 heavy (non-hydrogen) atoms. The molecule has 0 radical (unpaired) electrons. The van der Waals surface area contributed by atoms with Crippen LogP contribution in [0.4, 0.5) is 11.5 Å². The number of hydrogen-bond acceptors (Lipinski definition) is 8. The molecule has 2 aromatic heterocycles. The lowest BCUT2D eigenvalue weighted by molar-refractivity contribution is 0.291. The summed E-state index contributed by atoms with van der Waals surface area (Å²) < 4.78 is 11.9. The van der Waals surface area contributed by atoms with E-state index in [9.17, 15) is 0 Å². The zero-order valence-corrected chi connectivity index (χ0v) is 21.7. The van der Waals surface area contributed by atoms with Gasteiger partial charge in [0.1, 0.15) is 30.3 Å². The molecule has 8 heteroatoms. The number of nitrogens with zero attached hydrogens (tertiary/aromatic N) is 5. The monoisotopic (exact) mass is 496 g/mol. The van der Waals surface area contributed by atoms with Crippen LogP contribution in [-0.2, 0) is 11.2 Å². The molecule has 0 amide bonds. The number of pyridine rings is 1. The van der Waals surface area contributed by atoms with Crippen LogP contribution in [0.1, 0.15) is 23.2 Å². The Bertz CT molecular complexity index is 1420. The Balaban J connectivity index is 1.31. The summed E-state index contributed by atoms with van der Waals surface area (Å²) in [5.41, 5.74) is 4.87. The van der Waals surface area contributed by atoms with E-state index in [1.165, 1.54) is 0 Å². The molecule has 0 bridgehead atoms. The van der Waals surface area contributed by atoms with Crippen LogP contribution in [0.15, 0.2) is 66.0 Å². The molecule has 0 saturated carbocycles. The van der Waals surface area contributed by atoms with Gasteiger partial charge < -0.3 is 19.7 Å². The lowest BCUT2D eigenvalue weighted by Crippen LogP contribution is -2.19. The van der Waals surface area contributed by atoms with E-state index in [0.29, 0.717) is 18.8 Å². The molecule has 0 fully saturated rings. The molecule has 4 aromatic rings. The molecule has 0 spiro atoms. The molecule has 1 atom stereocenters. The summed E-state index contributed by atoms with van der Waals surface area (Å²) in [4.78, 5) is 20.2. The number of hydrogen-bond donors (Lipinski definition) is 1. The lowest BCUT2D eigenvalue weighted by atomic mass is 10.1. The summed E-state index contributed by atoms with van der Waals surface area (Å²) in [6, 6.07) is 16.3. The third-order valence-corrected chi connectivity index (χ3v) is 6.28. The van der Waals surface area contributed by atoms with Crippen LogP contribution < -0.4 is 10.1 Å². The number of fused-ring (bicyclic) bond motifs is 1. The average Bonchev–Trinajstić information content (AvgIpc) is 3.33. The van der Waals surface area contributed by atoms with Gasteiger partial charge >= 0.3 is 0 Å². The SMILES string of the molecule is Cc1ccc(Oc2ccc(Nc3ncnc4ccc(CC5=NC(CCN(C)C)CO5)cc34)cc2C)cn1. The van der Waals surface area contributed by atoms with E-state index in [4.69, 9.17) is 14.5 Å². The highest BCUT2D eigenvalue weighted by Crippen LogP contribution is 2.30. The number of aromatic nitrogens is 3. The fraction of sp³-hybridized carbons (Fsp3) is 0.310. The third-order valence-electron chi connectivity index (χ3n) is 6.28. The zero-order chi connectivity index (χ0) is 25.8. The number of ether oxygens (including phenoxy) is 2. The van der Waals surface area contributed by atoms with Crippen LogP contribution >= 0.6 is 0 Å². The minimum absolute atomic E-state index is 0.232. The van der Waals surface area contributed by atoms with Crippen molar-refractivity contribution >= 4 is 28.3 Å². The molecule has 1 aliphatic rings. The van der Waals surface area contributed by atoms with Gasteiger partial charge in [0.25, 0.3) is 0 Å². The Morgan fingerprint density at radius 2 is 1.92 bits per heavy atom. The van der Waals surface area contributed by atoms with Gasteiger partial charge in [-0.05, 0) is 94.5 Å². The second kappa shape index (κ2) is 10.9. The quantitative estimate of drug-likeness (QED) is 0.329. The van der Waals surface area contributed by atoms with Crippen molar-refractivity contribution in [2.45, 2.75) is 32.7 Å². The Labute approximate surface area is 217 Å². The Morgan fingerprint density at radius 1 is 1.03 bits per heavy atom. The number of anilines is 2. The van der Waals surface area contributed by atoms with Gasteiger partial charge in [-0.25, -0.2) is 15.0 Å². The maximum Gasteiger partial charge on any atom is 0.188 e. The zero-order valence-electron chi connectivity index (χ0n) is 21.7. The van der Waals surface area contributed by atoms with Crippen molar-refractivity contribution in [1.29, 1.82) is 0 Å². The van der Waals surface area contributed by atoms with E-state index in [0.717, 1.165) is 63.8 Å². The molecule has 190 valence electrons. The van der Waals surface area contributed by atoms with E-state index in [-0.39, 0.29) is 6.04 Å². The molecule has 1 unspecified atom stereocenters. The third kappa shape index (κ3) is 6.21. The second-order valence-electron chi connectivity index (χ2n) is 9.67. The second-order valence-corrected chi connectivity index (χ2v) is 9.67. The van der Waals surface area contributed by atoms with Crippen molar-refractivity contribution in [3.63, 3.8) is 0 Å². The van der Waals surface area contributed by atoms with Gasteiger partial charge in [-0.3, -0.25) is 4.98 Å². The van der Waals surface area contributed by atoms with Crippen molar-refractivity contribution in [2.24, 2.45) is 4.99 Å². The summed E-state index contributed by atoms with van der Waals surface area (Å²) in [7, 11) is 4.16. The first-order valence-corrected chi connectivity index (χ1v) is 12.5. The molecule has 2 aromatic carbocycles. The predicted molar refractivity (Wildman–Crippen MR) is 147 cm³/mol. The first-order chi connectivity index (χ1) is 17.9. The van der Waals surface area contributed by atoms with Crippen LogP contribution in [0.3, 0.4) is 0 Å². The molecule has 0 aliphatic carbocycles. The van der Waals surface area contributed by atoms with Crippen LogP contribution in [0, 0.1) is 13.8 Å². The topological polar surface area (TPSA) is 84.8 Å². The average molecular weight is 497 g/mol. The summed E-state index contributed by atoms with van der Waals surface area (Å²) in [6.45, 7) is 5.64. The van der Waals surface area contributed by atoms with Crippen LogP contribution in [-0.4, -0.2) is 59.0 Å². The largest absolute Gasteiger partial charge is 0.478 e. The maximum atomic E-state index is 6.01. The fourth-order valence-electron chi connectivity index (χ4n) is 4.23. The summed E-state index contributed by atoms with van der Waals surface area (Å²) >= 11 is 0. The number of nitrogens with one attached hydrogen (secondary N) is 1. The summed E-state index contributed by atoms with van der Waals surface area (Å²) in [5, 5.41) is 4.41. The maximum absolute atomic E-state index is 6.01.